The fourth-order valence-electron chi connectivity index (χ4n) is 5.30. The summed E-state index contributed by atoms with van der Waals surface area (Å²) in [4.78, 5) is 27.4. The molecule has 2 aromatic rings. The predicted molar refractivity (Wildman–Crippen MR) is 124 cm³/mol. The van der Waals surface area contributed by atoms with Crippen molar-refractivity contribution in [1.82, 2.24) is 4.90 Å². The Bertz CT molecular complexity index is 921. The molecule has 0 aromatic heterocycles. The van der Waals surface area contributed by atoms with Crippen LogP contribution in [-0.4, -0.2) is 29.8 Å². The van der Waals surface area contributed by atoms with E-state index in [4.69, 9.17) is 5.73 Å². The van der Waals surface area contributed by atoms with Gasteiger partial charge < -0.3 is 10.6 Å². The van der Waals surface area contributed by atoms with E-state index in [-0.39, 0.29) is 11.8 Å². The second-order valence-electron chi connectivity index (χ2n) is 9.55. The minimum absolute atomic E-state index is 0.184. The summed E-state index contributed by atoms with van der Waals surface area (Å²) in [5, 5.41) is 0. The highest BCUT2D eigenvalue weighted by Crippen LogP contribution is 2.37. The molecule has 1 aliphatic carbocycles. The lowest BCUT2D eigenvalue weighted by Gasteiger charge is -2.41. The smallest absolute Gasteiger partial charge is 0.225 e. The first-order valence-corrected chi connectivity index (χ1v) is 11.7. The van der Waals surface area contributed by atoms with Crippen LogP contribution in [0.1, 0.15) is 56.1 Å². The number of hydrogen-bond acceptors (Lipinski definition) is 2. The van der Waals surface area contributed by atoms with E-state index in [0.717, 1.165) is 31.2 Å². The topological polar surface area (TPSA) is 63.4 Å². The lowest BCUT2D eigenvalue weighted by Crippen LogP contribution is -2.51. The van der Waals surface area contributed by atoms with Gasteiger partial charge in [0.2, 0.25) is 11.8 Å². The quantitative estimate of drug-likeness (QED) is 0.752. The third-order valence-electron chi connectivity index (χ3n) is 7.36. The highest BCUT2D eigenvalue weighted by molar-refractivity contribution is 5.83. The molecule has 31 heavy (non-hydrogen) atoms. The molecule has 1 heterocycles. The Kier molecular flexibility index (Phi) is 6.45. The number of primary amides is 1. The van der Waals surface area contributed by atoms with E-state index in [0.29, 0.717) is 38.3 Å². The maximum Gasteiger partial charge on any atom is 0.225 e. The molecular weight excluding hydrogens is 384 g/mol. The Labute approximate surface area is 185 Å². The van der Waals surface area contributed by atoms with Crippen molar-refractivity contribution in [2.45, 2.75) is 58.3 Å². The SMILES string of the molecule is Cc1cccc(-c2ccc(CC3(C(N)=O)CCN(C(=O)C4CCCCC4)CC3)cc2)c1. The molecule has 4 nitrogen and oxygen atoms in total. The number of amides is 2. The number of hydrogen-bond donors (Lipinski definition) is 1. The van der Waals surface area contributed by atoms with Gasteiger partial charge in [-0.3, -0.25) is 9.59 Å². The molecule has 4 heteroatoms. The maximum absolute atomic E-state index is 12.9. The van der Waals surface area contributed by atoms with Crippen LogP contribution in [0.3, 0.4) is 0 Å². The van der Waals surface area contributed by atoms with Crippen molar-refractivity contribution in [2.24, 2.45) is 17.1 Å². The Morgan fingerprint density at radius 1 is 0.968 bits per heavy atom. The lowest BCUT2D eigenvalue weighted by molar-refractivity contribution is -0.142. The number of aryl methyl sites for hydroxylation is 1. The molecule has 2 aliphatic rings. The van der Waals surface area contributed by atoms with Gasteiger partial charge in [0.25, 0.3) is 0 Å². The van der Waals surface area contributed by atoms with Crippen molar-refractivity contribution in [1.29, 1.82) is 0 Å². The second-order valence-corrected chi connectivity index (χ2v) is 9.55. The summed E-state index contributed by atoms with van der Waals surface area (Å²) >= 11 is 0. The van der Waals surface area contributed by atoms with Crippen molar-refractivity contribution < 1.29 is 9.59 Å². The van der Waals surface area contributed by atoms with E-state index in [2.05, 4.69) is 55.5 Å². The number of rotatable bonds is 5. The van der Waals surface area contributed by atoms with Crippen molar-refractivity contribution in [2.75, 3.05) is 13.1 Å². The summed E-state index contributed by atoms with van der Waals surface area (Å²) in [6, 6.07) is 16.9. The molecular formula is C27H34N2O2. The summed E-state index contributed by atoms with van der Waals surface area (Å²) in [5.74, 6) is 0.240. The van der Waals surface area contributed by atoms with Crippen LogP contribution in [-0.2, 0) is 16.0 Å². The summed E-state index contributed by atoms with van der Waals surface area (Å²) < 4.78 is 0. The van der Waals surface area contributed by atoms with E-state index in [1.54, 1.807) is 0 Å². The minimum Gasteiger partial charge on any atom is -0.369 e. The van der Waals surface area contributed by atoms with E-state index >= 15 is 0 Å². The van der Waals surface area contributed by atoms with Crippen LogP contribution in [0.2, 0.25) is 0 Å². The number of benzene rings is 2. The lowest BCUT2D eigenvalue weighted by atomic mass is 9.72. The largest absolute Gasteiger partial charge is 0.369 e. The number of piperidine rings is 1. The molecule has 1 saturated heterocycles. The Balaban J connectivity index is 1.42. The Morgan fingerprint density at radius 3 is 2.26 bits per heavy atom. The zero-order valence-electron chi connectivity index (χ0n) is 18.6. The summed E-state index contributed by atoms with van der Waals surface area (Å²) in [5.41, 5.74) is 10.1. The highest BCUT2D eigenvalue weighted by Gasteiger charge is 2.41. The van der Waals surface area contributed by atoms with Crippen LogP contribution in [0, 0.1) is 18.3 Å². The number of nitrogens with two attached hydrogens (primary N) is 1. The molecule has 2 amide bonds. The zero-order valence-corrected chi connectivity index (χ0v) is 18.6. The van der Waals surface area contributed by atoms with E-state index < -0.39 is 5.41 Å². The van der Waals surface area contributed by atoms with Crippen LogP contribution in [0.4, 0.5) is 0 Å². The number of carbonyl (C=O) groups is 2. The molecule has 1 saturated carbocycles. The van der Waals surface area contributed by atoms with Crippen LogP contribution < -0.4 is 5.73 Å². The molecule has 0 spiro atoms. The molecule has 1 aliphatic heterocycles. The summed E-state index contributed by atoms with van der Waals surface area (Å²) in [7, 11) is 0. The molecule has 0 atom stereocenters. The van der Waals surface area contributed by atoms with Gasteiger partial charge in [0, 0.05) is 19.0 Å². The summed E-state index contributed by atoms with van der Waals surface area (Å²) in [6.07, 6.45) is 7.55. The number of nitrogens with zero attached hydrogens (tertiary/aromatic N) is 1. The second kappa shape index (κ2) is 9.25. The van der Waals surface area contributed by atoms with Crippen molar-refractivity contribution >= 4 is 11.8 Å². The number of likely N-dealkylation sites (tertiary alicyclic amines) is 1. The average molecular weight is 419 g/mol. The number of carbonyl (C=O) groups excluding carboxylic acids is 2. The first kappa shape index (κ1) is 21.6. The zero-order chi connectivity index (χ0) is 21.8. The van der Waals surface area contributed by atoms with Gasteiger partial charge in [-0.1, -0.05) is 73.4 Å². The van der Waals surface area contributed by atoms with E-state index in [9.17, 15) is 9.59 Å². The molecule has 2 aromatic carbocycles. The predicted octanol–water partition coefficient (Wildman–Crippen LogP) is 4.88. The van der Waals surface area contributed by atoms with Crippen molar-refractivity contribution in [3.63, 3.8) is 0 Å². The Morgan fingerprint density at radius 2 is 1.65 bits per heavy atom. The fourth-order valence-corrected chi connectivity index (χ4v) is 5.30. The highest BCUT2D eigenvalue weighted by atomic mass is 16.2. The third kappa shape index (κ3) is 4.84. The first-order chi connectivity index (χ1) is 15.0. The summed E-state index contributed by atoms with van der Waals surface area (Å²) in [6.45, 7) is 3.37. The standard InChI is InChI=1S/C27H34N2O2/c1-20-6-5-9-24(18-20)22-12-10-21(11-13-22)19-27(26(28)31)14-16-29(17-15-27)25(30)23-7-3-2-4-8-23/h5-6,9-13,18,23H,2-4,7-8,14-17,19H2,1H3,(H2,28,31). The van der Waals surface area contributed by atoms with E-state index in [1.165, 1.54) is 23.1 Å². The Hall–Kier alpha value is -2.62. The molecule has 164 valence electrons. The molecule has 0 radical (unpaired) electrons. The van der Waals surface area contributed by atoms with Gasteiger partial charge in [-0.2, -0.15) is 0 Å². The molecule has 0 bridgehead atoms. The average Bonchev–Trinajstić information content (AvgIpc) is 2.80. The van der Waals surface area contributed by atoms with Crippen LogP contribution in [0.15, 0.2) is 48.5 Å². The van der Waals surface area contributed by atoms with Gasteiger partial charge in [0.1, 0.15) is 0 Å². The third-order valence-corrected chi connectivity index (χ3v) is 7.36. The maximum atomic E-state index is 12.9. The van der Waals surface area contributed by atoms with Gasteiger partial charge in [-0.05, 0) is 55.7 Å². The van der Waals surface area contributed by atoms with Gasteiger partial charge in [0.05, 0.1) is 5.41 Å². The molecule has 2 fully saturated rings. The minimum atomic E-state index is -0.561. The monoisotopic (exact) mass is 418 g/mol. The van der Waals surface area contributed by atoms with Gasteiger partial charge in [-0.15, -0.1) is 0 Å². The molecule has 4 rings (SSSR count). The van der Waals surface area contributed by atoms with Gasteiger partial charge >= 0.3 is 0 Å². The van der Waals surface area contributed by atoms with Crippen molar-refractivity contribution in [3.8, 4) is 11.1 Å². The van der Waals surface area contributed by atoms with Gasteiger partial charge in [-0.25, -0.2) is 0 Å². The van der Waals surface area contributed by atoms with Crippen molar-refractivity contribution in [3.05, 3.63) is 59.7 Å². The normalized spacial score (nSPS) is 19.2. The first-order valence-electron chi connectivity index (χ1n) is 11.7. The van der Waals surface area contributed by atoms with Crippen LogP contribution in [0.25, 0.3) is 11.1 Å². The fraction of sp³-hybridized carbons (Fsp3) is 0.481. The molecule has 2 N–H and O–H groups in total. The molecule has 0 unspecified atom stereocenters. The van der Waals surface area contributed by atoms with E-state index in [1.807, 2.05) is 4.90 Å². The van der Waals surface area contributed by atoms with Crippen LogP contribution >= 0.6 is 0 Å². The van der Waals surface area contributed by atoms with Crippen LogP contribution in [0.5, 0.6) is 0 Å². The van der Waals surface area contributed by atoms with Gasteiger partial charge in [0.15, 0.2) is 0 Å².